The van der Waals surface area contributed by atoms with Gasteiger partial charge in [-0.3, -0.25) is 19.6 Å². The zero-order valence-corrected chi connectivity index (χ0v) is 26.7. The highest BCUT2D eigenvalue weighted by Gasteiger charge is 2.35. The highest BCUT2D eigenvalue weighted by Crippen LogP contribution is 2.33. The minimum atomic E-state index is -4.48. The number of carbonyl (C=O) groups excluding carboxylic acids is 2. The molecule has 0 bridgehead atoms. The van der Waals surface area contributed by atoms with E-state index in [9.17, 15) is 27.6 Å². The lowest BCUT2D eigenvalue weighted by Crippen LogP contribution is -2.42. The molecule has 0 saturated carbocycles. The maximum Gasteiger partial charge on any atom is 0.433 e. The van der Waals surface area contributed by atoms with Crippen molar-refractivity contribution in [2.24, 2.45) is 5.41 Å². The summed E-state index contributed by atoms with van der Waals surface area (Å²) in [4.78, 5) is 49.5. The van der Waals surface area contributed by atoms with E-state index in [-0.39, 0.29) is 5.91 Å². The Morgan fingerprint density at radius 3 is 2.52 bits per heavy atom. The second-order valence-corrected chi connectivity index (χ2v) is 12.4. The maximum absolute atomic E-state index is 13.5. The first-order valence-corrected chi connectivity index (χ1v) is 15.7. The van der Waals surface area contributed by atoms with Crippen molar-refractivity contribution in [2.45, 2.75) is 64.1 Å². The van der Waals surface area contributed by atoms with Crippen LogP contribution < -0.4 is 5.32 Å². The van der Waals surface area contributed by atoms with Crippen molar-refractivity contribution in [1.82, 2.24) is 24.8 Å². The number of fused-ring (bicyclic) bond motifs is 1. The number of hydrogen-bond acceptors (Lipinski definition) is 7. The van der Waals surface area contributed by atoms with Gasteiger partial charge in [-0.05, 0) is 79.5 Å². The SMILES string of the molecule is C[C@@]1(C(=O)NCC(=O)O)CC/C=C/C(OC(=O)n2cc(Cc3ccc(CCc4ccc(C(F)(F)F)nc4)nc3)c3cc(Cl)cnc32)CC1. The van der Waals surface area contributed by atoms with E-state index in [2.05, 4.69) is 20.3 Å². The summed E-state index contributed by atoms with van der Waals surface area (Å²) in [6.45, 7) is 1.31. The van der Waals surface area contributed by atoms with Crippen molar-refractivity contribution in [1.29, 1.82) is 0 Å². The number of carboxylic acids is 1. The molecule has 0 saturated heterocycles. The lowest BCUT2D eigenvalue weighted by molar-refractivity contribution is -0.141. The minimum absolute atomic E-state index is 0.355. The summed E-state index contributed by atoms with van der Waals surface area (Å²) in [6, 6.07) is 7.85. The Morgan fingerprint density at radius 2 is 1.83 bits per heavy atom. The molecular weight excluding hydrogens is 651 g/mol. The van der Waals surface area contributed by atoms with Gasteiger partial charge in [-0.15, -0.1) is 0 Å². The number of pyridine rings is 3. The number of aromatic nitrogens is 4. The molecule has 1 aliphatic carbocycles. The van der Waals surface area contributed by atoms with Crippen molar-refractivity contribution in [3.8, 4) is 0 Å². The fourth-order valence-electron chi connectivity index (χ4n) is 5.58. The van der Waals surface area contributed by atoms with Gasteiger partial charge < -0.3 is 15.2 Å². The summed E-state index contributed by atoms with van der Waals surface area (Å²) in [7, 11) is 0. The number of hydrogen-bond donors (Lipinski definition) is 2. The summed E-state index contributed by atoms with van der Waals surface area (Å²) in [5.41, 5.74) is 1.66. The van der Waals surface area contributed by atoms with Crippen LogP contribution in [0.25, 0.3) is 11.0 Å². The van der Waals surface area contributed by atoms with Crippen LogP contribution in [0.15, 0.2) is 67.3 Å². The van der Waals surface area contributed by atoms with Gasteiger partial charge in [-0.25, -0.2) is 14.3 Å². The van der Waals surface area contributed by atoms with E-state index in [0.29, 0.717) is 66.6 Å². The molecule has 48 heavy (non-hydrogen) atoms. The van der Waals surface area contributed by atoms with Gasteiger partial charge in [0.15, 0.2) is 0 Å². The van der Waals surface area contributed by atoms with Crippen LogP contribution in [0, 0.1) is 5.41 Å². The molecule has 252 valence electrons. The Morgan fingerprint density at radius 1 is 1.06 bits per heavy atom. The van der Waals surface area contributed by atoms with Gasteiger partial charge in [0.05, 0.1) is 5.02 Å². The van der Waals surface area contributed by atoms with Crippen LogP contribution in [-0.4, -0.2) is 55.2 Å². The van der Waals surface area contributed by atoms with Gasteiger partial charge >= 0.3 is 18.2 Å². The number of aryl methyl sites for hydroxylation is 2. The second kappa shape index (κ2) is 14.5. The van der Waals surface area contributed by atoms with Crippen LogP contribution in [0.5, 0.6) is 0 Å². The lowest BCUT2D eigenvalue weighted by atomic mass is 9.78. The predicted molar refractivity (Wildman–Crippen MR) is 170 cm³/mol. The van der Waals surface area contributed by atoms with Crippen molar-refractivity contribution in [2.75, 3.05) is 6.54 Å². The number of nitrogens with zero attached hydrogens (tertiary/aromatic N) is 4. The lowest BCUT2D eigenvalue weighted by Gasteiger charge is -2.30. The van der Waals surface area contributed by atoms with E-state index in [0.717, 1.165) is 22.9 Å². The van der Waals surface area contributed by atoms with Crippen molar-refractivity contribution < 1.29 is 37.4 Å². The molecule has 2 atom stereocenters. The number of carboxylic acid groups (broad SMARTS) is 1. The summed E-state index contributed by atoms with van der Waals surface area (Å²) >= 11 is 6.27. The Labute approximate surface area is 279 Å². The Hall–Kier alpha value is -4.78. The average Bonchev–Trinajstić information content (AvgIpc) is 3.39. The quantitative estimate of drug-likeness (QED) is 0.189. The van der Waals surface area contributed by atoms with Gasteiger partial charge in [0, 0.05) is 47.7 Å². The van der Waals surface area contributed by atoms with E-state index in [4.69, 9.17) is 21.4 Å². The van der Waals surface area contributed by atoms with Gasteiger partial charge in [0.25, 0.3) is 0 Å². The molecule has 1 unspecified atom stereocenters. The average molecular weight is 684 g/mol. The second-order valence-electron chi connectivity index (χ2n) is 12.0. The van der Waals surface area contributed by atoms with Crippen LogP contribution >= 0.6 is 11.6 Å². The third kappa shape index (κ3) is 8.57. The van der Waals surface area contributed by atoms with Crippen LogP contribution in [0.1, 0.15) is 60.7 Å². The van der Waals surface area contributed by atoms with Gasteiger partial charge in [-0.2, -0.15) is 13.2 Å². The summed E-state index contributed by atoms with van der Waals surface area (Å²) in [6.07, 6.45) is 7.15. The van der Waals surface area contributed by atoms with E-state index >= 15 is 0 Å². The predicted octanol–water partition coefficient (Wildman–Crippen LogP) is 6.57. The first-order chi connectivity index (χ1) is 22.8. The largest absolute Gasteiger partial charge is 0.480 e. The van der Waals surface area contributed by atoms with E-state index in [1.165, 1.54) is 23.0 Å². The van der Waals surface area contributed by atoms with Gasteiger partial charge in [0.1, 0.15) is 24.0 Å². The fourth-order valence-corrected chi connectivity index (χ4v) is 5.74. The molecule has 14 heteroatoms. The monoisotopic (exact) mass is 683 g/mol. The fraction of sp³-hybridized carbons (Fsp3) is 0.353. The number of rotatable bonds is 9. The van der Waals surface area contributed by atoms with Gasteiger partial charge in [0.2, 0.25) is 5.91 Å². The van der Waals surface area contributed by atoms with Crippen molar-refractivity contribution in [3.63, 3.8) is 0 Å². The molecule has 0 aromatic carbocycles. The van der Waals surface area contributed by atoms with E-state index < -0.39 is 42.0 Å². The Balaban J connectivity index is 1.25. The zero-order chi connectivity index (χ0) is 34.5. The number of nitrogens with one attached hydrogen (secondary N) is 1. The van der Waals surface area contributed by atoms with Crippen molar-refractivity contribution >= 4 is 40.6 Å². The summed E-state index contributed by atoms with van der Waals surface area (Å²) in [5, 5.41) is 12.4. The number of carbonyl (C=O) groups is 3. The minimum Gasteiger partial charge on any atom is -0.480 e. The molecule has 0 spiro atoms. The maximum atomic E-state index is 13.5. The zero-order valence-electron chi connectivity index (χ0n) is 26.0. The molecule has 10 nitrogen and oxygen atoms in total. The van der Waals surface area contributed by atoms with E-state index in [1.54, 1.807) is 31.5 Å². The first kappa shape index (κ1) is 34.6. The Kier molecular flexibility index (Phi) is 10.5. The molecule has 4 aromatic rings. The van der Waals surface area contributed by atoms with Crippen molar-refractivity contribution in [3.05, 3.63) is 100 Å². The van der Waals surface area contributed by atoms with Crippen LogP contribution in [-0.2, 0) is 39.8 Å². The molecule has 2 N–H and O–H groups in total. The standard InChI is InChI=1S/C34H33ClF3N5O5/c1-33(31(46)42-19-29(44)45)12-3-2-4-26(11-13-33)48-32(47)43-20-23(27-15-24(35)18-41-30(27)43)14-22-6-9-25(39-17-22)8-5-21-7-10-28(40-16-21)34(36,37)38/h2,4,6-7,9-10,15-18,20,26H,3,5,8,11-14,19H2,1H3,(H,42,46)(H,44,45)/b4-2+/t26?,33-/m1/s1. The number of alkyl halides is 3. The molecule has 0 aliphatic heterocycles. The van der Waals surface area contributed by atoms with Crippen LogP contribution in [0.2, 0.25) is 5.02 Å². The molecule has 5 rings (SSSR count). The smallest absolute Gasteiger partial charge is 0.433 e. The molecule has 1 amide bonds. The first-order valence-electron chi connectivity index (χ1n) is 15.3. The highest BCUT2D eigenvalue weighted by molar-refractivity contribution is 6.31. The number of aliphatic carboxylic acids is 1. The van der Waals surface area contributed by atoms with Gasteiger partial charge in [-0.1, -0.05) is 36.7 Å². The summed E-state index contributed by atoms with van der Waals surface area (Å²) in [5.74, 6) is -1.48. The molecule has 4 heterocycles. The Bertz CT molecular complexity index is 1830. The van der Waals surface area contributed by atoms with Crippen LogP contribution in [0.4, 0.5) is 18.0 Å². The number of ether oxygens (including phenoxy) is 1. The molecular formula is C34H33ClF3N5O5. The summed E-state index contributed by atoms with van der Waals surface area (Å²) < 4.78 is 45.5. The number of allylic oxidation sites excluding steroid dienone is 1. The highest BCUT2D eigenvalue weighted by atomic mass is 35.5. The topological polar surface area (TPSA) is 136 Å². The molecule has 4 aromatic heterocycles. The molecule has 1 aliphatic rings. The molecule has 0 fully saturated rings. The normalized spacial score (nSPS) is 18.9. The number of amides is 1. The van der Waals surface area contributed by atoms with Crippen LogP contribution in [0.3, 0.4) is 0 Å². The number of halogens is 4. The third-order valence-electron chi connectivity index (χ3n) is 8.35. The van der Waals surface area contributed by atoms with E-state index in [1.807, 2.05) is 18.2 Å². The third-order valence-corrected chi connectivity index (χ3v) is 8.56. The molecule has 0 radical (unpaired) electrons.